The van der Waals surface area contributed by atoms with Crippen molar-refractivity contribution in [3.63, 3.8) is 0 Å². The molecule has 0 aliphatic carbocycles. The van der Waals surface area contributed by atoms with Gasteiger partial charge in [0.2, 0.25) is 0 Å². The van der Waals surface area contributed by atoms with Crippen molar-refractivity contribution in [3.8, 4) is 6.07 Å². The van der Waals surface area contributed by atoms with Crippen molar-refractivity contribution in [3.05, 3.63) is 29.6 Å². The number of pyridine rings is 1. The summed E-state index contributed by atoms with van der Waals surface area (Å²) in [6, 6.07) is 5.14. The Hall–Kier alpha value is -2.50. The second kappa shape index (κ2) is 8.25. The molecule has 8 heteroatoms. The SMILES string of the molecule is CC1(O)CCOC2(CCN(C(=O)c3ccc(C#N)nc3)CC2)C1.O=CO. The minimum atomic E-state index is -0.679. The molecule has 1 aromatic heterocycles. The van der Waals surface area contributed by atoms with Crippen molar-refractivity contribution in [1.82, 2.24) is 9.88 Å². The fourth-order valence-corrected chi connectivity index (χ4v) is 3.53. The van der Waals surface area contributed by atoms with E-state index in [1.165, 1.54) is 6.20 Å². The topological polar surface area (TPSA) is 124 Å². The number of likely N-dealkylation sites (tertiary alicyclic amines) is 1. The molecule has 1 amide bonds. The molecule has 1 aromatic rings. The van der Waals surface area contributed by atoms with Crippen LogP contribution in [0.3, 0.4) is 0 Å². The highest BCUT2D eigenvalue weighted by atomic mass is 16.5. The first kappa shape index (κ1) is 19.8. The number of carbonyl (C=O) groups excluding carboxylic acids is 1. The zero-order chi connectivity index (χ0) is 19.2. The minimum Gasteiger partial charge on any atom is -0.483 e. The van der Waals surface area contributed by atoms with Gasteiger partial charge in [0.05, 0.1) is 23.4 Å². The van der Waals surface area contributed by atoms with E-state index in [1.54, 1.807) is 17.0 Å². The van der Waals surface area contributed by atoms with E-state index in [9.17, 15) is 9.90 Å². The van der Waals surface area contributed by atoms with Crippen LogP contribution in [0.5, 0.6) is 0 Å². The van der Waals surface area contributed by atoms with Crippen molar-refractivity contribution >= 4 is 12.4 Å². The smallest absolute Gasteiger partial charge is 0.290 e. The Kier molecular flexibility index (Phi) is 6.29. The largest absolute Gasteiger partial charge is 0.483 e. The van der Waals surface area contributed by atoms with Crippen molar-refractivity contribution in [2.24, 2.45) is 0 Å². The summed E-state index contributed by atoms with van der Waals surface area (Å²) < 4.78 is 5.96. The summed E-state index contributed by atoms with van der Waals surface area (Å²) in [5.41, 5.74) is -0.184. The first-order valence-electron chi connectivity index (χ1n) is 8.44. The molecular weight excluding hydrogens is 338 g/mol. The zero-order valence-corrected chi connectivity index (χ0v) is 14.7. The Labute approximate surface area is 152 Å². The predicted molar refractivity (Wildman–Crippen MR) is 91.3 cm³/mol. The van der Waals surface area contributed by atoms with Gasteiger partial charge < -0.3 is 19.8 Å². The predicted octanol–water partition coefficient (Wildman–Crippen LogP) is 1.19. The number of ether oxygens (including phenoxy) is 1. The summed E-state index contributed by atoms with van der Waals surface area (Å²) in [6.45, 7) is 3.39. The van der Waals surface area contributed by atoms with Crippen LogP contribution >= 0.6 is 0 Å². The monoisotopic (exact) mass is 361 g/mol. The quantitative estimate of drug-likeness (QED) is 0.720. The summed E-state index contributed by atoms with van der Waals surface area (Å²) in [4.78, 5) is 26.6. The van der Waals surface area contributed by atoms with E-state index in [0.29, 0.717) is 43.8 Å². The maximum Gasteiger partial charge on any atom is 0.290 e. The molecular formula is C18H23N3O5. The first-order valence-corrected chi connectivity index (χ1v) is 8.44. The third-order valence-corrected chi connectivity index (χ3v) is 4.84. The maximum absolute atomic E-state index is 12.5. The molecule has 1 unspecified atom stereocenters. The van der Waals surface area contributed by atoms with Crippen LogP contribution in [0, 0.1) is 11.3 Å². The molecule has 0 radical (unpaired) electrons. The molecule has 2 fully saturated rings. The van der Waals surface area contributed by atoms with Gasteiger partial charge in [-0.25, -0.2) is 4.98 Å². The molecule has 26 heavy (non-hydrogen) atoms. The van der Waals surface area contributed by atoms with Gasteiger partial charge in [0, 0.05) is 25.7 Å². The van der Waals surface area contributed by atoms with Crippen LogP contribution in [0.4, 0.5) is 0 Å². The number of carbonyl (C=O) groups is 2. The number of aliphatic hydroxyl groups is 1. The lowest BCUT2D eigenvalue weighted by Crippen LogP contribution is -2.54. The molecule has 3 rings (SSSR count). The van der Waals surface area contributed by atoms with Crippen LogP contribution in [0.2, 0.25) is 0 Å². The van der Waals surface area contributed by atoms with E-state index in [0.717, 1.165) is 12.8 Å². The normalized spacial score (nSPS) is 24.1. The van der Waals surface area contributed by atoms with Gasteiger partial charge in [-0.05, 0) is 38.3 Å². The third-order valence-electron chi connectivity index (χ3n) is 4.84. The van der Waals surface area contributed by atoms with Crippen LogP contribution in [-0.4, -0.2) is 63.4 Å². The number of piperidine rings is 1. The van der Waals surface area contributed by atoms with E-state index in [4.69, 9.17) is 19.9 Å². The average molecular weight is 361 g/mol. The number of amides is 1. The standard InChI is InChI=1S/C17H21N3O3.CH2O2/c1-16(22)6-9-23-17(12-16)4-7-20(8-5-17)15(21)13-2-3-14(10-18)19-11-13;2-1-3/h2-3,11,22H,4-9,12H2,1H3;1H,(H,2,3). The maximum atomic E-state index is 12.5. The molecule has 2 aliphatic rings. The number of hydrogen-bond acceptors (Lipinski definition) is 6. The molecule has 1 atom stereocenters. The highest BCUT2D eigenvalue weighted by Gasteiger charge is 2.44. The summed E-state index contributed by atoms with van der Waals surface area (Å²) in [5, 5.41) is 25.9. The van der Waals surface area contributed by atoms with Gasteiger partial charge in [0.25, 0.3) is 12.4 Å². The highest BCUT2D eigenvalue weighted by molar-refractivity contribution is 5.94. The van der Waals surface area contributed by atoms with Gasteiger partial charge in [-0.15, -0.1) is 0 Å². The van der Waals surface area contributed by atoms with Gasteiger partial charge >= 0.3 is 0 Å². The Balaban J connectivity index is 0.000000758. The number of rotatable bonds is 1. The second-order valence-electron chi connectivity index (χ2n) is 6.90. The molecule has 0 aromatic carbocycles. The van der Waals surface area contributed by atoms with Crippen LogP contribution in [-0.2, 0) is 9.53 Å². The van der Waals surface area contributed by atoms with Gasteiger partial charge in [-0.1, -0.05) is 0 Å². The first-order chi connectivity index (χ1) is 12.3. The van der Waals surface area contributed by atoms with Gasteiger partial charge in [-0.3, -0.25) is 9.59 Å². The number of carboxylic acid groups (broad SMARTS) is 1. The number of nitrogens with zero attached hydrogens (tertiary/aromatic N) is 3. The van der Waals surface area contributed by atoms with Crippen molar-refractivity contribution in [2.75, 3.05) is 19.7 Å². The van der Waals surface area contributed by atoms with E-state index >= 15 is 0 Å². The van der Waals surface area contributed by atoms with Gasteiger partial charge in [-0.2, -0.15) is 5.26 Å². The Bertz CT molecular complexity index is 673. The van der Waals surface area contributed by atoms with Crippen LogP contribution in [0.1, 0.15) is 48.7 Å². The van der Waals surface area contributed by atoms with Crippen LogP contribution in [0.15, 0.2) is 18.3 Å². The summed E-state index contributed by atoms with van der Waals surface area (Å²) in [7, 11) is 0. The molecule has 2 N–H and O–H groups in total. The molecule has 0 bridgehead atoms. The fourth-order valence-electron chi connectivity index (χ4n) is 3.53. The number of aromatic nitrogens is 1. The van der Waals surface area contributed by atoms with E-state index in [2.05, 4.69) is 4.98 Å². The summed E-state index contributed by atoms with van der Waals surface area (Å²) in [5.74, 6) is -0.0700. The molecule has 1 spiro atoms. The van der Waals surface area contributed by atoms with Gasteiger partial charge in [0.15, 0.2) is 0 Å². The lowest BCUT2D eigenvalue weighted by molar-refractivity contribution is -0.170. The Morgan fingerprint density at radius 3 is 2.54 bits per heavy atom. The van der Waals surface area contributed by atoms with E-state index in [-0.39, 0.29) is 18.0 Å². The van der Waals surface area contributed by atoms with E-state index < -0.39 is 5.60 Å². The Morgan fingerprint density at radius 2 is 2.04 bits per heavy atom. The average Bonchev–Trinajstić information content (AvgIpc) is 2.62. The second-order valence-corrected chi connectivity index (χ2v) is 6.90. The summed E-state index contributed by atoms with van der Waals surface area (Å²) >= 11 is 0. The lowest BCUT2D eigenvalue weighted by atomic mass is 9.78. The lowest BCUT2D eigenvalue weighted by Gasteiger charge is -2.48. The highest BCUT2D eigenvalue weighted by Crippen LogP contribution is 2.39. The third kappa shape index (κ3) is 4.77. The fraction of sp³-hybridized carbons (Fsp3) is 0.556. The van der Waals surface area contributed by atoms with Crippen molar-refractivity contribution in [1.29, 1.82) is 5.26 Å². The summed E-state index contributed by atoms with van der Waals surface area (Å²) in [6.07, 6.45) is 4.21. The van der Waals surface area contributed by atoms with Gasteiger partial charge in [0.1, 0.15) is 11.8 Å². The molecule has 8 nitrogen and oxygen atoms in total. The Morgan fingerprint density at radius 1 is 1.38 bits per heavy atom. The number of nitriles is 1. The molecule has 0 saturated carbocycles. The molecule has 140 valence electrons. The number of hydrogen-bond donors (Lipinski definition) is 2. The van der Waals surface area contributed by atoms with Crippen LogP contribution in [0.25, 0.3) is 0 Å². The zero-order valence-electron chi connectivity index (χ0n) is 14.7. The van der Waals surface area contributed by atoms with Crippen molar-refractivity contribution in [2.45, 2.75) is 43.8 Å². The minimum absolute atomic E-state index is 0.0700. The molecule has 2 aliphatic heterocycles. The molecule has 3 heterocycles. The van der Waals surface area contributed by atoms with E-state index in [1.807, 2.05) is 13.0 Å². The van der Waals surface area contributed by atoms with Crippen LogP contribution < -0.4 is 0 Å². The molecule has 2 saturated heterocycles. The van der Waals surface area contributed by atoms with Crippen molar-refractivity contribution < 1.29 is 24.5 Å².